The molecule has 0 aliphatic carbocycles. The van der Waals surface area contributed by atoms with Gasteiger partial charge < -0.3 is 4.98 Å². The molecule has 0 fully saturated rings. The Balaban J connectivity index is 2.75. The highest BCUT2D eigenvalue weighted by atomic mass is 35.5. The van der Waals surface area contributed by atoms with Crippen LogP contribution in [0.25, 0.3) is 11.0 Å². The van der Waals surface area contributed by atoms with Crippen molar-refractivity contribution in [3.05, 3.63) is 29.1 Å². The van der Waals surface area contributed by atoms with Gasteiger partial charge in [-0.3, -0.25) is 0 Å². The topological polar surface area (TPSA) is 28.7 Å². The normalized spacial score (nSPS) is 11.0. The van der Waals surface area contributed by atoms with E-state index in [9.17, 15) is 0 Å². The van der Waals surface area contributed by atoms with Gasteiger partial charge in [0.25, 0.3) is 0 Å². The lowest BCUT2D eigenvalue weighted by Gasteiger charge is -1.96. The van der Waals surface area contributed by atoms with Crippen molar-refractivity contribution in [2.45, 2.75) is 19.7 Å². The summed E-state index contributed by atoms with van der Waals surface area (Å²) in [6.07, 6.45) is 0. The number of nitrogens with one attached hydrogen (secondary N) is 1. The van der Waals surface area contributed by atoms with Crippen LogP contribution in [-0.4, -0.2) is 9.97 Å². The molecule has 0 bridgehead atoms. The van der Waals surface area contributed by atoms with Crippen LogP contribution in [0.4, 0.5) is 0 Å². The molecule has 68 valence electrons. The third-order valence-corrected chi connectivity index (χ3v) is 2.35. The van der Waals surface area contributed by atoms with E-state index in [-0.39, 0.29) is 0 Å². The highest BCUT2D eigenvalue weighted by Crippen LogP contribution is 2.18. The van der Waals surface area contributed by atoms with Gasteiger partial charge in [-0.05, 0) is 31.0 Å². The summed E-state index contributed by atoms with van der Waals surface area (Å²) in [6.45, 7) is 4.14. The van der Waals surface area contributed by atoms with Gasteiger partial charge in [0.05, 0.1) is 16.9 Å². The Kier molecular flexibility index (Phi) is 2.00. The Bertz CT molecular complexity index is 445. The van der Waals surface area contributed by atoms with Gasteiger partial charge in [0.15, 0.2) is 0 Å². The fourth-order valence-electron chi connectivity index (χ4n) is 1.59. The van der Waals surface area contributed by atoms with Crippen LogP contribution in [-0.2, 0) is 5.88 Å². The molecule has 2 nitrogen and oxygen atoms in total. The Morgan fingerprint density at radius 3 is 2.85 bits per heavy atom. The lowest BCUT2D eigenvalue weighted by molar-refractivity contribution is 1.13. The van der Waals surface area contributed by atoms with Gasteiger partial charge in [0.1, 0.15) is 5.82 Å². The molecule has 0 aliphatic heterocycles. The maximum Gasteiger partial charge on any atom is 0.122 e. The van der Waals surface area contributed by atoms with Crippen LogP contribution < -0.4 is 0 Å². The van der Waals surface area contributed by atoms with E-state index in [0.717, 1.165) is 16.9 Å². The molecule has 1 aromatic heterocycles. The van der Waals surface area contributed by atoms with Crippen molar-refractivity contribution in [3.8, 4) is 0 Å². The molecule has 0 saturated heterocycles. The molecule has 0 atom stereocenters. The number of aromatic amines is 1. The van der Waals surface area contributed by atoms with Gasteiger partial charge in [-0.25, -0.2) is 4.98 Å². The number of hydrogen-bond donors (Lipinski definition) is 1. The van der Waals surface area contributed by atoms with Gasteiger partial charge >= 0.3 is 0 Å². The number of imidazole rings is 1. The minimum atomic E-state index is 0.438. The van der Waals surface area contributed by atoms with Crippen LogP contribution in [0.3, 0.4) is 0 Å². The van der Waals surface area contributed by atoms with E-state index < -0.39 is 0 Å². The second kappa shape index (κ2) is 3.04. The minimum absolute atomic E-state index is 0.438. The molecule has 1 N–H and O–H groups in total. The quantitative estimate of drug-likeness (QED) is 0.695. The molecule has 0 unspecified atom stereocenters. The second-order valence-electron chi connectivity index (χ2n) is 3.30. The first-order valence-electron chi connectivity index (χ1n) is 4.22. The highest BCUT2D eigenvalue weighted by Gasteiger charge is 2.04. The first-order chi connectivity index (χ1) is 6.20. The smallest absolute Gasteiger partial charge is 0.122 e. The van der Waals surface area contributed by atoms with E-state index in [2.05, 4.69) is 35.9 Å². The minimum Gasteiger partial charge on any atom is -0.341 e. The lowest BCUT2D eigenvalue weighted by Crippen LogP contribution is -1.79. The predicted octanol–water partition coefficient (Wildman–Crippen LogP) is 2.92. The van der Waals surface area contributed by atoms with Gasteiger partial charge in [-0.15, -0.1) is 11.6 Å². The molecule has 13 heavy (non-hydrogen) atoms. The van der Waals surface area contributed by atoms with Crippen LogP contribution in [0.2, 0.25) is 0 Å². The molecule has 0 spiro atoms. The number of aromatic nitrogens is 2. The maximum absolute atomic E-state index is 5.70. The largest absolute Gasteiger partial charge is 0.341 e. The summed E-state index contributed by atoms with van der Waals surface area (Å²) in [5, 5.41) is 0. The maximum atomic E-state index is 5.70. The monoisotopic (exact) mass is 194 g/mol. The van der Waals surface area contributed by atoms with E-state index in [4.69, 9.17) is 11.6 Å². The molecule has 0 saturated carbocycles. The average Bonchev–Trinajstić information content (AvgIpc) is 2.47. The molecule has 1 heterocycles. The van der Waals surface area contributed by atoms with Crippen LogP contribution in [0.1, 0.15) is 17.0 Å². The molecule has 2 rings (SSSR count). The van der Waals surface area contributed by atoms with Crippen molar-refractivity contribution in [2.24, 2.45) is 0 Å². The number of H-pyrrole nitrogens is 1. The number of aryl methyl sites for hydroxylation is 2. The first-order valence-corrected chi connectivity index (χ1v) is 4.76. The van der Waals surface area contributed by atoms with Crippen LogP contribution in [0.15, 0.2) is 12.1 Å². The third kappa shape index (κ3) is 1.42. The summed E-state index contributed by atoms with van der Waals surface area (Å²) >= 11 is 5.70. The van der Waals surface area contributed by atoms with Crippen LogP contribution >= 0.6 is 11.6 Å². The number of benzene rings is 1. The van der Waals surface area contributed by atoms with E-state index in [1.165, 1.54) is 11.1 Å². The Labute approximate surface area is 81.9 Å². The summed E-state index contributed by atoms with van der Waals surface area (Å²) in [6, 6.07) is 4.21. The fourth-order valence-corrected chi connectivity index (χ4v) is 1.71. The van der Waals surface area contributed by atoms with Gasteiger partial charge in [0.2, 0.25) is 0 Å². The van der Waals surface area contributed by atoms with E-state index in [1.54, 1.807) is 0 Å². The van der Waals surface area contributed by atoms with Crippen molar-refractivity contribution >= 4 is 22.6 Å². The number of halogens is 1. The fraction of sp³-hybridized carbons (Fsp3) is 0.300. The van der Waals surface area contributed by atoms with E-state index in [1.807, 2.05) is 0 Å². The zero-order chi connectivity index (χ0) is 9.42. The van der Waals surface area contributed by atoms with Gasteiger partial charge in [0, 0.05) is 0 Å². The molecular formula is C10H11ClN2. The summed E-state index contributed by atoms with van der Waals surface area (Å²) in [7, 11) is 0. The first kappa shape index (κ1) is 8.57. The summed E-state index contributed by atoms with van der Waals surface area (Å²) < 4.78 is 0. The van der Waals surface area contributed by atoms with Crippen LogP contribution in [0, 0.1) is 13.8 Å². The van der Waals surface area contributed by atoms with E-state index >= 15 is 0 Å². The third-order valence-electron chi connectivity index (χ3n) is 2.10. The molecule has 0 amide bonds. The van der Waals surface area contributed by atoms with Crippen molar-refractivity contribution in [2.75, 3.05) is 0 Å². The molecule has 0 radical (unpaired) electrons. The SMILES string of the molecule is Cc1cc(C)c2nc(CCl)[nH]c2c1. The van der Waals surface area contributed by atoms with Crippen molar-refractivity contribution in [3.63, 3.8) is 0 Å². The van der Waals surface area contributed by atoms with E-state index in [0.29, 0.717) is 5.88 Å². The second-order valence-corrected chi connectivity index (χ2v) is 3.56. The number of fused-ring (bicyclic) bond motifs is 1. The highest BCUT2D eigenvalue weighted by molar-refractivity contribution is 6.16. The molecule has 2 aromatic rings. The lowest BCUT2D eigenvalue weighted by atomic mass is 10.1. The summed E-state index contributed by atoms with van der Waals surface area (Å²) in [5.74, 6) is 1.28. The van der Waals surface area contributed by atoms with Crippen molar-refractivity contribution in [1.82, 2.24) is 9.97 Å². The number of rotatable bonds is 1. The number of alkyl halides is 1. The molecular weight excluding hydrogens is 184 g/mol. The van der Waals surface area contributed by atoms with Crippen LogP contribution in [0.5, 0.6) is 0 Å². The molecule has 1 aromatic carbocycles. The zero-order valence-electron chi connectivity index (χ0n) is 7.69. The Hall–Kier alpha value is -1.02. The van der Waals surface area contributed by atoms with Crippen molar-refractivity contribution in [1.29, 1.82) is 0 Å². The van der Waals surface area contributed by atoms with Gasteiger partial charge in [-0.2, -0.15) is 0 Å². The summed E-state index contributed by atoms with van der Waals surface area (Å²) in [4.78, 5) is 7.57. The summed E-state index contributed by atoms with van der Waals surface area (Å²) in [5.41, 5.74) is 4.55. The molecule has 3 heteroatoms. The predicted molar refractivity (Wildman–Crippen MR) is 55.1 cm³/mol. The molecule has 0 aliphatic rings. The number of nitrogens with zero attached hydrogens (tertiary/aromatic N) is 1. The van der Waals surface area contributed by atoms with Gasteiger partial charge in [-0.1, -0.05) is 6.07 Å². The average molecular weight is 195 g/mol. The number of hydrogen-bond acceptors (Lipinski definition) is 1. The Morgan fingerprint density at radius 2 is 2.15 bits per heavy atom. The van der Waals surface area contributed by atoms with Crippen molar-refractivity contribution < 1.29 is 0 Å². The standard InChI is InChI=1S/C10H11ClN2/c1-6-3-7(2)10-8(4-6)12-9(5-11)13-10/h3-4H,5H2,1-2H3,(H,12,13). The Morgan fingerprint density at radius 1 is 1.38 bits per heavy atom. The zero-order valence-corrected chi connectivity index (χ0v) is 8.44.